The average molecular weight is 442 g/mol. The van der Waals surface area contributed by atoms with Crippen LogP contribution in [0.4, 0.5) is 0 Å². The van der Waals surface area contributed by atoms with Crippen molar-refractivity contribution < 1.29 is 19.1 Å². The van der Waals surface area contributed by atoms with E-state index in [9.17, 15) is 14.4 Å². The van der Waals surface area contributed by atoms with Crippen molar-refractivity contribution in [3.63, 3.8) is 0 Å². The summed E-state index contributed by atoms with van der Waals surface area (Å²) in [7, 11) is 0. The molecule has 0 saturated heterocycles. The first-order chi connectivity index (χ1) is 14.5. The molecule has 9 heteroatoms. The maximum Gasteiger partial charge on any atom is 0.353 e. The lowest BCUT2D eigenvalue weighted by Crippen LogP contribution is -2.34. The summed E-state index contributed by atoms with van der Waals surface area (Å²) in [6, 6.07) is 16.4. The largest absolute Gasteiger partial charge is 0.422 e. The molecule has 0 fully saturated rings. The van der Waals surface area contributed by atoms with Gasteiger partial charge in [0.25, 0.3) is 11.8 Å². The van der Waals surface area contributed by atoms with Gasteiger partial charge in [0.1, 0.15) is 10.6 Å². The molecular weight excluding hydrogens is 426 g/mol. The smallest absolute Gasteiger partial charge is 0.353 e. The van der Waals surface area contributed by atoms with E-state index in [0.717, 1.165) is 0 Å². The highest BCUT2D eigenvalue weighted by atomic mass is 35.5. The van der Waals surface area contributed by atoms with Crippen molar-refractivity contribution in [1.82, 2.24) is 10.7 Å². The van der Waals surface area contributed by atoms with Crippen molar-refractivity contribution in [3.8, 4) is 5.75 Å². The van der Waals surface area contributed by atoms with Gasteiger partial charge >= 0.3 is 5.97 Å². The van der Waals surface area contributed by atoms with Crippen molar-refractivity contribution in [2.24, 2.45) is 5.10 Å². The minimum absolute atomic E-state index is 0.226. The number of thiophene rings is 1. The van der Waals surface area contributed by atoms with E-state index in [4.69, 9.17) is 16.3 Å². The molecule has 1 aromatic heterocycles. The van der Waals surface area contributed by atoms with Gasteiger partial charge in [0.15, 0.2) is 0 Å². The number of hydrogen-bond acceptors (Lipinski definition) is 6. The quantitative estimate of drug-likeness (QED) is 0.254. The van der Waals surface area contributed by atoms with Gasteiger partial charge in [-0.2, -0.15) is 5.10 Å². The van der Waals surface area contributed by atoms with Crippen LogP contribution < -0.4 is 15.5 Å². The van der Waals surface area contributed by atoms with Crippen molar-refractivity contribution >= 4 is 46.9 Å². The normalized spacial score (nSPS) is 10.6. The summed E-state index contributed by atoms with van der Waals surface area (Å²) in [6.07, 6.45) is 1.43. The second-order valence-electron chi connectivity index (χ2n) is 5.92. The maximum atomic E-state index is 11.9. The van der Waals surface area contributed by atoms with Crippen LogP contribution in [-0.2, 0) is 4.79 Å². The first-order valence-corrected chi connectivity index (χ1v) is 9.98. The summed E-state index contributed by atoms with van der Waals surface area (Å²) in [5.41, 5.74) is 3.41. The van der Waals surface area contributed by atoms with Gasteiger partial charge in [0, 0.05) is 10.6 Å². The Morgan fingerprint density at radius 2 is 1.77 bits per heavy atom. The van der Waals surface area contributed by atoms with Gasteiger partial charge in [-0.3, -0.25) is 9.59 Å². The van der Waals surface area contributed by atoms with Crippen LogP contribution in [0.3, 0.4) is 0 Å². The zero-order valence-electron chi connectivity index (χ0n) is 15.5. The molecule has 3 rings (SSSR count). The van der Waals surface area contributed by atoms with Gasteiger partial charge in [-0.25, -0.2) is 10.2 Å². The fourth-order valence-corrected chi connectivity index (χ4v) is 2.98. The van der Waals surface area contributed by atoms with E-state index >= 15 is 0 Å². The summed E-state index contributed by atoms with van der Waals surface area (Å²) in [4.78, 5) is 36.1. The van der Waals surface area contributed by atoms with Gasteiger partial charge in [-0.1, -0.05) is 17.7 Å². The molecule has 0 atom stereocenters. The molecule has 7 nitrogen and oxygen atoms in total. The third-order valence-corrected chi connectivity index (χ3v) is 4.83. The molecule has 0 aliphatic carbocycles. The number of nitrogens with zero attached hydrogens (tertiary/aromatic N) is 1. The van der Waals surface area contributed by atoms with Crippen LogP contribution >= 0.6 is 22.9 Å². The van der Waals surface area contributed by atoms with Crippen LogP contribution in [0.5, 0.6) is 5.75 Å². The molecule has 0 aliphatic rings. The molecule has 152 valence electrons. The number of carbonyl (C=O) groups is 3. The predicted octanol–water partition coefficient (Wildman–Crippen LogP) is 3.50. The zero-order valence-corrected chi connectivity index (χ0v) is 17.1. The van der Waals surface area contributed by atoms with Gasteiger partial charge < -0.3 is 10.1 Å². The molecule has 0 spiro atoms. The fourth-order valence-electron chi connectivity index (χ4n) is 2.26. The molecule has 0 saturated carbocycles. The molecule has 2 N–H and O–H groups in total. The van der Waals surface area contributed by atoms with Crippen LogP contribution in [0.2, 0.25) is 5.02 Å². The standard InChI is InChI=1S/C21H16ClN3O4S/c22-16-7-5-15(6-8-16)20(27)23-13-19(26)25-24-12-14-3-9-17(10-4-14)29-21(28)18-2-1-11-30-18/h1-12H,13H2,(H,23,27)(H,25,26). The molecule has 0 aliphatic heterocycles. The molecule has 2 amide bonds. The summed E-state index contributed by atoms with van der Waals surface area (Å²) < 4.78 is 5.26. The van der Waals surface area contributed by atoms with E-state index in [2.05, 4.69) is 15.8 Å². The second kappa shape index (κ2) is 10.3. The Morgan fingerprint density at radius 3 is 2.43 bits per heavy atom. The lowest BCUT2D eigenvalue weighted by Gasteiger charge is -2.04. The van der Waals surface area contributed by atoms with E-state index in [0.29, 0.717) is 26.8 Å². The van der Waals surface area contributed by atoms with Crippen LogP contribution in [-0.4, -0.2) is 30.5 Å². The van der Waals surface area contributed by atoms with Crippen molar-refractivity contribution in [3.05, 3.63) is 87.1 Å². The zero-order chi connectivity index (χ0) is 21.3. The molecule has 2 aromatic carbocycles. The number of hydrazone groups is 1. The molecule has 1 heterocycles. The predicted molar refractivity (Wildman–Crippen MR) is 115 cm³/mol. The summed E-state index contributed by atoms with van der Waals surface area (Å²) >= 11 is 7.07. The average Bonchev–Trinajstić information content (AvgIpc) is 3.29. The van der Waals surface area contributed by atoms with Crippen molar-refractivity contribution in [2.75, 3.05) is 6.54 Å². The minimum atomic E-state index is -0.477. The second-order valence-corrected chi connectivity index (χ2v) is 7.30. The van der Waals surface area contributed by atoms with Gasteiger partial charge in [0.2, 0.25) is 0 Å². The van der Waals surface area contributed by atoms with Gasteiger partial charge in [-0.15, -0.1) is 11.3 Å². The monoisotopic (exact) mass is 441 g/mol. The fraction of sp³-hybridized carbons (Fsp3) is 0.0476. The Labute approximate surface area is 181 Å². The van der Waals surface area contributed by atoms with E-state index in [1.54, 1.807) is 66.0 Å². The Hall–Kier alpha value is -3.49. The van der Waals surface area contributed by atoms with Crippen molar-refractivity contribution in [1.29, 1.82) is 0 Å². The van der Waals surface area contributed by atoms with E-state index in [1.165, 1.54) is 17.6 Å². The van der Waals surface area contributed by atoms with Gasteiger partial charge in [-0.05, 0) is 65.5 Å². The number of benzene rings is 2. The number of ether oxygens (including phenoxy) is 1. The Balaban J connectivity index is 1.43. The maximum absolute atomic E-state index is 11.9. The molecular formula is C21H16ClN3O4S. The molecule has 3 aromatic rings. The first kappa shape index (κ1) is 21.2. The summed E-state index contributed by atoms with van der Waals surface area (Å²) in [6.45, 7) is -0.226. The number of rotatable bonds is 7. The molecule has 0 unspecified atom stereocenters. The third-order valence-electron chi connectivity index (χ3n) is 3.73. The third kappa shape index (κ3) is 6.26. The highest BCUT2D eigenvalue weighted by molar-refractivity contribution is 7.12. The Morgan fingerprint density at radius 1 is 1.03 bits per heavy atom. The molecule has 0 radical (unpaired) electrons. The highest BCUT2D eigenvalue weighted by Gasteiger charge is 2.09. The van der Waals surface area contributed by atoms with Crippen LogP contribution in [0.15, 0.2) is 71.1 Å². The minimum Gasteiger partial charge on any atom is -0.422 e. The van der Waals surface area contributed by atoms with Crippen LogP contribution in [0.25, 0.3) is 0 Å². The van der Waals surface area contributed by atoms with Crippen LogP contribution in [0, 0.1) is 0 Å². The number of carbonyl (C=O) groups excluding carboxylic acids is 3. The topological polar surface area (TPSA) is 96.9 Å². The van der Waals surface area contributed by atoms with Crippen LogP contribution in [0.1, 0.15) is 25.6 Å². The number of hydrogen-bond donors (Lipinski definition) is 2. The lowest BCUT2D eigenvalue weighted by molar-refractivity contribution is -0.120. The molecule has 30 heavy (non-hydrogen) atoms. The van der Waals surface area contributed by atoms with E-state index in [1.807, 2.05) is 0 Å². The van der Waals surface area contributed by atoms with E-state index in [-0.39, 0.29) is 6.54 Å². The number of nitrogens with one attached hydrogen (secondary N) is 2. The Kier molecular flexibility index (Phi) is 7.31. The molecule has 0 bridgehead atoms. The van der Waals surface area contributed by atoms with Crippen molar-refractivity contribution in [2.45, 2.75) is 0 Å². The Bertz CT molecular complexity index is 1050. The summed E-state index contributed by atoms with van der Waals surface area (Å²) in [5.74, 6) is -0.882. The van der Waals surface area contributed by atoms with E-state index < -0.39 is 17.8 Å². The number of amides is 2. The number of halogens is 1. The summed E-state index contributed by atoms with van der Waals surface area (Å²) in [5, 5.41) is 8.64. The number of esters is 1. The highest BCUT2D eigenvalue weighted by Crippen LogP contribution is 2.16. The van der Waals surface area contributed by atoms with Gasteiger partial charge in [0.05, 0.1) is 12.8 Å². The SMILES string of the molecule is O=C(CNC(=O)c1ccc(Cl)cc1)NN=Cc1ccc(OC(=O)c2cccs2)cc1. The first-order valence-electron chi connectivity index (χ1n) is 8.73. The lowest BCUT2D eigenvalue weighted by atomic mass is 10.2.